The number of nitrogens with one attached hydrogen (secondary N) is 1. The van der Waals surface area contributed by atoms with Gasteiger partial charge in [-0.25, -0.2) is 0 Å². The summed E-state index contributed by atoms with van der Waals surface area (Å²) in [5, 5.41) is 0. The summed E-state index contributed by atoms with van der Waals surface area (Å²) >= 11 is 0. The van der Waals surface area contributed by atoms with Crippen LogP contribution < -0.4 is 11.2 Å². The average Bonchev–Trinajstić information content (AvgIpc) is 2.38. The van der Waals surface area contributed by atoms with Gasteiger partial charge in [-0.1, -0.05) is 0 Å². The summed E-state index contributed by atoms with van der Waals surface area (Å²) in [7, 11) is 0. The Morgan fingerprint density at radius 1 is 1.53 bits per heavy atom. The number of rotatable bonds is 2. The first kappa shape index (κ1) is 13.8. The molecule has 2 heterocycles. The van der Waals surface area contributed by atoms with E-state index in [0.29, 0.717) is 19.0 Å². The second kappa shape index (κ2) is 5.57. The van der Waals surface area contributed by atoms with Gasteiger partial charge in [0.2, 0.25) is 0 Å². The standard InChI is InChI=1S/C14H21N3O2/c1-9-5-13(18)12(7-16-9)14(19)17-8-11(6-15)4-3-10(17)2/h5,7,10-11H,3-4,6,8,15H2,1-2H3,(H,16,18). The van der Waals surface area contributed by atoms with Crippen molar-refractivity contribution in [2.75, 3.05) is 13.1 Å². The number of piperidine rings is 1. The maximum atomic E-state index is 12.5. The Bertz CT molecular complexity index is 524. The number of aryl methyl sites for hydroxylation is 1. The fourth-order valence-corrected chi connectivity index (χ4v) is 2.55. The molecule has 5 nitrogen and oxygen atoms in total. The first-order valence-electron chi connectivity index (χ1n) is 6.73. The zero-order valence-corrected chi connectivity index (χ0v) is 11.5. The Balaban J connectivity index is 2.24. The first-order chi connectivity index (χ1) is 9.02. The number of pyridine rings is 1. The number of aromatic amines is 1. The van der Waals surface area contributed by atoms with Crippen LogP contribution in [0.3, 0.4) is 0 Å². The van der Waals surface area contributed by atoms with Gasteiger partial charge in [0.05, 0.1) is 0 Å². The summed E-state index contributed by atoms with van der Waals surface area (Å²) in [6, 6.07) is 1.62. The predicted molar refractivity (Wildman–Crippen MR) is 74.1 cm³/mol. The van der Waals surface area contributed by atoms with E-state index in [1.165, 1.54) is 12.3 Å². The number of likely N-dealkylation sites (tertiary alicyclic amines) is 1. The van der Waals surface area contributed by atoms with E-state index in [-0.39, 0.29) is 22.9 Å². The number of nitrogens with zero attached hydrogens (tertiary/aromatic N) is 1. The summed E-state index contributed by atoms with van der Waals surface area (Å²) in [5.41, 5.74) is 6.45. The van der Waals surface area contributed by atoms with Crippen LogP contribution in [0.15, 0.2) is 17.1 Å². The molecule has 2 rings (SSSR count). The average molecular weight is 263 g/mol. The molecule has 0 aliphatic carbocycles. The summed E-state index contributed by atoms with van der Waals surface area (Å²) in [5.74, 6) is 0.150. The molecule has 1 aromatic heterocycles. The number of amides is 1. The van der Waals surface area contributed by atoms with Gasteiger partial charge < -0.3 is 15.6 Å². The summed E-state index contributed by atoms with van der Waals surface area (Å²) in [4.78, 5) is 29.1. The van der Waals surface area contributed by atoms with Gasteiger partial charge in [0.1, 0.15) is 5.56 Å². The van der Waals surface area contributed by atoms with Gasteiger partial charge in [-0.05, 0) is 39.2 Å². The Labute approximate surface area is 112 Å². The molecule has 1 saturated heterocycles. The SMILES string of the molecule is Cc1cc(=O)c(C(=O)N2CC(CN)CCC2C)c[nH]1. The van der Waals surface area contributed by atoms with Crippen molar-refractivity contribution < 1.29 is 4.79 Å². The van der Waals surface area contributed by atoms with Crippen LogP contribution in [0, 0.1) is 12.8 Å². The molecule has 1 fully saturated rings. The quantitative estimate of drug-likeness (QED) is 0.831. The van der Waals surface area contributed by atoms with Crippen molar-refractivity contribution in [2.45, 2.75) is 32.7 Å². The molecule has 19 heavy (non-hydrogen) atoms. The molecule has 5 heteroatoms. The highest BCUT2D eigenvalue weighted by Gasteiger charge is 2.29. The lowest BCUT2D eigenvalue weighted by Crippen LogP contribution is -2.48. The lowest BCUT2D eigenvalue weighted by Gasteiger charge is -2.37. The second-order valence-electron chi connectivity index (χ2n) is 5.38. The maximum Gasteiger partial charge on any atom is 0.259 e. The Hall–Kier alpha value is -1.62. The van der Waals surface area contributed by atoms with Gasteiger partial charge in [-0.15, -0.1) is 0 Å². The summed E-state index contributed by atoms with van der Waals surface area (Å²) < 4.78 is 0. The van der Waals surface area contributed by atoms with Crippen molar-refractivity contribution in [3.63, 3.8) is 0 Å². The van der Waals surface area contributed by atoms with E-state index in [1.54, 1.807) is 11.8 Å². The number of carbonyl (C=O) groups excluding carboxylic acids is 1. The van der Waals surface area contributed by atoms with Crippen molar-refractivity contribution in [1.29, 1.82) is 0 Å². The van der Waals surface area contributed by atoms with Crippen LogP contribution in [0.4, 0.5) is 0 Å². The molecule has 0 bridgehead atoms. The lowest BCUT2D eigenvalue weighted by molar-refractivity contribution is 0.0565. The minimum atomic E-state index is -0.219. The van der Waals surface area contributed by atoms with Crippen LogP contribution in [0.5, 0.6) is 0 Å². The maximum absolute atomic E-state index is 12.5. The Morgan fingerprint density at radius 3 is 2.89 bits per heavy atom. The number of carbonyl (C=O) groups is 1. The molecule has 2 unspecified atom stereocenters. The number of H-pyrrole nitrogens is 1. The van der Waals surface area contributed by atoms with Crippen LogP contribution in [0.2, 0.25) is 0 Å². The van der Waals surface area contributed by atoms with Crippen molar-refractivity contribution in [3.05, 3.63) is 33.7 Å². The number of hydrogen-bond donors (Lipinski definition) is 2. The van der Waals surface area contributed by atoms with E-state index in [9.17, 15) is 9.59 Å². The largest absolute Gasteiger partial charge is 0.364 e. The van der Waals surface area contributed by atoms with Crippen molar-refractivity contribution >= 4 is 5.91 Å². The van der Waals surface area contributed by atoms with E-state index in [4.69, 9.17) is 5.73 Å². The molecule has 2 atom stereocenters. The number of nitrogens with two attached hydrogens (primary N) is 1. The Morgan fingerprint density at radius 2 is 2.26 bits per heavy atom. The fourth-order valence-electron chi connectivity index (χ4n) is 2.55. The van der Waals surface area contributed by atoms with Gasteiger partial charge >= 0.3 is 0 Å². The van der Waals surface area contributed by atoms with E-state index in [2.05, 4.69) is 4.98 Å². The van der Waals surface area contributed by atoms with Crippen molar-refractivity contribution in [3.8, 4) is 0 Å². The van der Waals surface area contributed by atoms with Gasteiger partial charge in [-0.3, -0.25) is 9.59 Å². The third-order valence-electron chi connectivity index (χ3n) is 3.86. The molecule has 104 valence electrons. The third-order valence-corrected chi connectivity index (χ3v) is 3.86. The minimum absolute atomic E-state index is 0.163. The molecular formula is C14H21N3O2. The highest BCUT2D eigenvalue weighted by molar-refractivity contribution is 5.94. The molecule has 1 aromatic rings. The van der Waals surface area contributed by atoms with Crippen LogP contribution in [0.1, 0.15) is 35.8 Å². The van der Waals surface area contributed by atoms with Crippen LogP contribution in [-0.4, -0.2) is 34.9 Å². The second-order valence-corrected chi connectivity index (χ2v) is 5.38. The number of aromatic nitrogens is 1. The highest BCUT2D eigenvalue weighted by atomic mass is 16.2. The molecular weight excluding hydrogens is 242 g/mol. The molecule has 0 radical (unpaired) electrons. The summed E-state index contributed by atoms with van der Waals surface area (Å²) in [6.07, 6.45) is 3.50. The fraction of sp³-hybridized carbons (Fsp3) is 0.571. The van der Waals surface area contributed by atoms with Gasteiger partial charge in [0, 0.05) is 30.5 Å². The molecule has 0 saturated carbocycles. The van der Waals surface area contributed by atoms with Crippen LogP contribution in [-0.2, 0) is 0 Å². The minimum Gasteiger partial charge on any atom is -0.364 e. The molecule has 1 aliphatic rings. The lowest BCUT2D eigenvalue weighted by atomic mass is 9.93. The highest BCUT2D eigenvalue weighted by Crippen LogP contribution is 2.22. The molecule has 3 N–H and O–H groups in total. The first-order valence-corrected chi connectivity index (χ1v) is 6.73. The van der Waals surface area contributed by atoms with Gasteiger partial charge in [0.25, 0.3) is 5.91 Å². The molecule has 0 spiro atoms. The molecule has 0 aromatic carbocycles. The van der Waals surface area contributed by atoms with Crippen molar-refractivity contribution in [1.82, 2.24) is 9.88 Å². The van der Waals surface area contributed by atoms with Crippen LogP contribution >= 0.6 is 0 Å². The third kappa shape index (κ3) is 2.87. The zero-order valence-electron chi connectivity index (χ0n) is 11.5. The normalized spacial score (nSPS) is 23.4. The van der Waals surface area contributed by atoms with Gasteiger partial charge in [-0.2, -0.15) is 0 Å². The van der Waals surface area contributed by atoms with E-state index < -0.39 is 0 Å². The molecule has 1 aliphatic heterocycles. The predicted octanol–water partition coefficient (Wildman–Crippen LogP) is 0.883. The summed E-state index contributed by atoms with van der Waals surface area (Å²) in [6.45, 7) is 5.04. The monoisotopic (exact) mass is 263 g/mol. The zero-order chi connectivity index (χ0) is 14.0. The van der Waals surface area contributed by atoms with Crippen LogP contribution in [0.25, 0.3) is 0 Å². The van der Waals surface area contributed by atoms with E-state index in [1.807, 2.05) is 6.92 Å². The van der Waals surface area contributed by atoms with Crippen molar-refractivity contribution in [2.24, 2.45) is 11.7 Å². The topological polar surface area (TPSA) is 79.2 Å². The Kier molecular flexibility index (Phi) is 4.04. The number of hydrogen-bond acceptors (Lipinski definition) is 3. The van der Waals surface area contributed by atoms with Gasteiger partial charge in [0.15, 0.2) is 5.43 Å². The molecule has 1 amide bonds. The van der Waals surface area contributed by atoms with E-state index >= 15 is 0 Å². The smallest absolute Gasteiger partial charge is 0.259 e. The van der Waals surface area contributed by atoms with E-state index in [0.717, 1.165) is 18.5 Å².